The number of halogens is 1. The monoisotopic (exact) mass is 396 g/mol. The molecule has 7 nitrogen and oxygen atoms in total. The van der Waals surface area contributed by atoms with E-state index < -0.39 is 11.9 Å². The highest BCUT2D eigenvalue weighted by Crippen LogP contribution is 2.22. The molecule has 1 aromatic heterocycles. The minimum atomic E-state index is -0.436. The zero-order valence-corrected chi connectivity index (χ0v) is 15.7. The third-order valence-corrected chi connectivity index (χ3v) is 4.02. The lowest BCUT2D eigenvalue weighted by atomic mass is 10.2. The average molecular weight is 397 g/mol. The Bertz CT molecular complexity index is 993. The molecule has 3 aromatic rings. The molecular weight excluding hydrogens is 380 g/mol. The number of aromatic nitrogens is 2. The molecule has 3 rings (SSSR count). The minimum Gasteiger partial charge on any atom is -0.462 e. The van der Waals surface area contributed by atoms with Crippen molar-refractivity contribution in [3.8, 4) is 0 Å². The van der Waals surface area contributed by atoms with Crippen molar-refractivity contribution < 1.29 is 14.3 Å². The fraction of sp³-hybridized carbons (Fsp3) is 0.100. The third kappa shape index (κ3) is 4.63. The van der Waals surface area contributed by atoms with Crippen LogP contribution in [0.4, 0.5) is 17.2 Å². The van der Waals surface area contributed by atoms with Gasteiger partial charge < -0.3 is 15.4 Å². The summed E-state index contributed by atoms with van der Waals surface area (Å²) < 4.78 is 5.04. The molecule has 0 saturated carbocycles. The first-order chi connectivity index (χ1) is 13.6. The Balaban J connectivity index is 1.73. The smallest absolute Gasteiger partial charge is 0.340 e. The van der Waals surface area contributed by atoms with Crippen LogP contribution in [0.5, 0.6) is 0 Å². The summed E-state index contributed by atoms with van der Waals surface area (Å²) in [5.41, 5.74) is 1.53. The minimum absolute atomic E-state index is 0.129. The number of nitrogens with zero attached hydrogens (tertiary/aromatic N) is 2. The number of amides is 1. The lowest BCUT2D eigenvalue weighted by Gasteiger charge is -2.11. The molecule has 8 heteroatoms. The molecule has 0 aliphatic carbocycles. The van der Waals surface area contributed by atoms with Gasteiger partial charge in [-0.2, -0.15) is 0 Å². The first-order valence-electron chi connectivity index (χ1n) is 8.49. The highest BCUT2D eigenvalue weighted by Gasteiger charge is 2.14. The maximum Gasteiger partial charge on any atom is 0.340 e. The Morgan fingerprint density at radius 3 is 2.39 bits per heavy atom. The van der Waals surface area contributed by atoms with Gasteiger partial charge in [0.05, 0.1) is 41.0 Å². The summed E-state index contributed by atoms with van der Waals surface area (Å²) in [7, 11) is 0. The normalized spacial score (nSPS) is 10.2. The summed E-state index contributed by atoms with van der Waals surface area (Å²) in [6.07, 6.45) is 2.74. The number of para-hydroxylation sites is 2. The molecule has 28 heavy (non-hydrogen) atoms. The van der Waals surface area contributed by atoms with Crippen LogP contribution < -0.4 is 10.6 Å². The number of hydrogen-bond donors (Lipinski definition) is 2. The van der Waals surface area contributed by atoms with E-state index in [2.05, 4.69) is 20.6 Å². The van der Waals surface area contributed by atoms with E-state index in [1.54, 1.807) is 55.5 Å². The number of ether oxygens (including phenoxy) is 1. The van der Waals surface area contributed by atoms with Crippen LogP contribution in [-0.4, -0.2) is 28.5 Å². The van der Waals surface area contributed by atoms with Gasteiger partial charge in [-0.15, -0.1) is 0 Å². The van der Waals surface area contributed by atoms with E-state index in [0.29, 0.717) is 27.8 Å². The predicted molar refractivity (Wildman–Crippen MR) is 107 cm³/mol. The van der Waals surface area contributed by atoms with Crippen LogP contribution in [0.2, 0.25) is 5.02 Å². The fourth-order valence-electron chi connectivity index (χ4n) is 2.38. The van der Waals surface area contributed by atoms with Gasteiger partial charge in [0.15, 0.2) is 0 Å². The first-order valence-corrected chi connectivity index (χ1v) is 8.87. The molecular formula is C20H17ClN4O3. The van der Waals surface area contributed by atoms with Gasteiger partial charge in [0, 0.05) is 0 Å². The second-order valence-corrected chi connectivity index (χ2v) is 6.02. The molecule has 142 valence electrons. The molecule has 1 amide bonds. The van der Waals surface area contributed by atoms with E-state index in [4.69, 9.17) is 16.3 Å². The van der Waals surface area contributed by atoms with E-state index in [1.165, 1.54) is 12.4 Å². The predicted octanol–water partition coefficient (Wildman–Crippen LogP) is 4.30. The van der Waals surface area contributed by atoms with Crippen LogP contribution in [0.1, 0.15) is 27.8 Å². The maximum absolute atomic E-state index is 12.3. The number of esters is 1. The van der Waals surface area contributed by atoms with Crippen molar-refractivity contribution in [2.75, 3.05) is 17.2 Å². The van der Waals surface area contributed by atoms with Crippen molar-refractivity contribution in [2.24, 2.45) is 0 Å². The van der Waals surface area contributed by atoms with Gasteiger partial charge in [0.2, 0.25) is 0 Å². The number of nitrogens with one attached hydrogen (secondary N) is 2. The van der Waals surface area contributed by atoms with Gasteiger partial charge in [-0.3, -0.25) is 4.79 Å². The number of benzene rings is 2. The molecule has 0 atom stereocenters. The lowest BCUT2D eigenvalue weighted by molar-refractivity contribution is 0.0527. The van der Waals surface area contributed by atoms with E-state index >= 15 is 0 Å². The van der Waals surface area contributed by atoms with Gasteiger partial charge in [0.1, 0.15) is 11.5 Å². The summed E-state index contributed by atoms with van der Waals surface area (Å²) >= 11 is 6.04. The van der Waals surface area contributed by atoms with E-state index in [0.717, 1.165) is 0 Å². The molecule has 1 heterocycles. The largest absolute Gasteiger partial charge is 0.462 e. The standard InChI is InChI=1S/C20H17ClN4O3/c1-2-28-20(27)13-7-3-5-9-15(13)24-18-12-22-17(11-23-18)19(26)25-16-10-6-4-8-14(16)21/h3-12H,2H2,1H3,(H,23,24)(H,25,26). The molecule has 0 fully saturated rings. The van der Waals surface area contributed by atoms with Crippen molar-refractivity contribution in [2.45, 2.75) is 6.92 Å². The highest BCUT2D eigenvalue weighted by atomic mass is 35.5. The van der Waals surface area contributed by atoms with E-state index in [9.17, 15) is 9.59 Å². The topological polar surface area (TPSA) is 93.2 Å². The van der Waals surface area contributed by atoms with Gasteiger partial charge in [-0.05, 0) is 31.2 Å². The Kier molecular flexibility index (Phi) is 6.18. The Hall–Kier alpha value is -3.45. The second kappa shape index (κ2) is 8.96. The van der Waals surface area contributed by atoms with Crippen LogP contribution in [0.3, 0.4) is 0 Å². The summed E-state index contributed by atoms with van der Waals surface area (Å²) in [5, 5.41) is 6.12. The van der Waals surface area contributed by atoms with E-state index in [-0.39, 0.29) is 12.3 Å². The molecule has 0 saturated heterocycles. The zero-order chi connectivity index (χ0) is 19.9. The molecule has 0 unspecified atom stereocenters. The summed E-state index contributed by atoms with van der Waals surface area (Å²) in [6, 6.07) is 13.8. The van der Waals surface area contributed by atoms with Crippen molar-refractivity contribution >= 4 is 40.7 Å². The summed E-state index contributed by atoms with van der Waals surface area (Å²) in [4.78, 5) is 32.6. The van der Waals surface area contributed by atoms with Crippen molar-refractivity contribution in [3.63, 3.8) is 0 Å². The maximum atomic E-state index is 12.3. The highest BCUT2D eigenvalue weighted by molar-refractivity contribution is 6.33. The number of hydrogen-bond acceptors (Lipinski definition) is 6. The Morgan fingerprint density at radius 2 is 1.71 bits per heavy atom. The molecule has 2 N–H and O–H groups in total. The van der Waals surface area contributed by atoms with Crippen LogP contribution in [-0.2, 0) is 4.74 Å². The molecule has 2 aromatic carbocycles. The lowest BCUT2D eigenvalue weighted by Crippen LogP contribution is -2.14. The van der Waals surface area contributed by atoms with Gasteiger partial charge in [0.25, 0.3) is 5.91 Å². The summed E-state index contributed by atoms with van der Waals surface area (Å²) in [5.74, 6) is -0.487. The Morgan fingerprint density at radius 1 is 1.00 bits per heavy atom. The van der Waals surface area contributed by atoms with Crippen LogP contribution >= 0.6 is 11.6 Å². The van der Waals surface area contributed by atoms with E-state index in [1.807, 2.05) is 0 Å². The second-order valence-electron chi connectivity index (χ2n) is 5.61. The molecule has 0 aliphatic heterocycles. The molecule has 0 radical (unpaired) electrons. The van der Waals surface area contributed by atoms with Crippen molar-refractivity contribution in [1.29, 1.82) is 0 Å². The van der Waals surface area contributed by atoms with Crippen molar-refractivity contribution in [1.82, 2.24) is 9.97 Å². The summed E-state index contributed by atoms with van der Waals surface area (Å²) in [6.45, 7) is 2.02. The van der Waals surface area contributed by atoms with Gasteiger partial charge >= 0.3 is 5.97 Å². The molecule has 0 spiro atoms. The Labute approximate surface area is 166 Å². The van der Waals surface area contributed by atoms with Crippen LogP contribution in [0.25, 0.3) is 0 Å². The quantitative estimate of drug-likeness (QED) is 0.603. The van der Waals surface area contributed by atoms with Gasteiger partial charge in [-0.25, -0.2) is 14.8 Å². The van der Waals surface area contributed by atoms with Crippen LogP contribution in [0.15, 0.2) is 60.9 Å². The van der Waals surface area contributed by atoms with Crippen molar-refractivity contribution in [3.05, 3.63) is 77.2 Å². The average Bonchev–Trinajstić information content (AvgIpc) is 2.71. The number of anilines is 3. The fourth-order valence-corrected chi connectivity index (χ4v) is 2.56. The molecule has 0 bridgehead atoms. The molecule has 0 aliphatic rings. The third-order valence-electron chi connectivity index (χ3n) is 3.69. The number of carbonyl (C=O) groups excluding carboxylic acids is 2. The SMILES string of the molecule is CCOC(=O)c1ccccc1Nc1cnc(C(=O)Nc2ccccc2Cl)cn1. The van der Waals surface area contributed by atoms with Crippen LogP contribution in [0, 0.1) is 0 Å². The first kappa shape index (κ1) is 19.3. The van der Waals surface area contributed by atoms with Gasteiger partial charge in [-0.1, -0.05) is 35.9 Å². The zero-order valence-electron chi connectivity index (χ0n) is 15.0. The number of carbonyl (C=O) groups is 2. The number of rotatable bonds is 6.